The van der Waals surface area contributed by atoms with Gasteiger partial charge in [-0.3, -0.25) is 14.1 Å². The van der Waals surface area contributed by atoms with E-state index in [1.54, 1.807) is 0 Å². The van der Waals surface area contributed by atoms with Crippen molar-refractivity contribution in [2.75, 3.05) is 5.88 Å². The maximum absolute atomic E-state index is 11.0. The van der Waals surface area contributed by atoms with Crippen LogP contribution in [0.2, 0.25) is 0 Å². The molecule has 0 aliphatic rings. The predicted molar refractivity (Wildman–Crippen MR) is 54.0 cm³/mol. The van der Waals surface area contributed by atoms with Crippen molar-refractivity contribution in [3.05, 3.63) is 0 Å². The molecule has 0 heterocycles. The molecule has 1 atom stereocenters. The predicted octanol–water partition coefficient (Wildman–Crippen LogP) is -1.47. The lowest BCUT2D eigenvalue weighted by Crippen LogP contribution is -2.31. The number of nitrogens with two attached hydrogens (primary N) is 1. The molecule has 1 unspecified atom stereocenters. The monoisotopic (exact) mass is 254 g/mol. The van der Waals surface area contributed by atoms with E-state index in [2.05, 4.69) is 0 Å². The molecular weight excluding hydrogens is 240 g/mol. The molecule has 0 aliphatic carbocycles. The first-order valence-electron chi connectivity index (χ1n) is 4.40. The van der Waals surface area contributed by atoms with Gasteiger partial charge in [-0.15, -0.1) is 0 Å². The minimum absolute atomic E-state index is 0.0933. The first kappa shape index (κ1) is 14.8. The van der Waals surface area contributed by atoms with Crippen LogP contribution in [0.3, 0.4) is 0 Å². The molecule has 1 amide bonds. The van der Waals surface area contributed by atoms with Gasteiger partial charge >= 0.3 is 5.97 Å². The number of carboxylic acid groups (broad SMARTS) is 1. The molecule has 0 bridgehead atoms. The highest BCUT2D eigenvalue weighted by Gasteiger charge is 2.12. The molecule has 94 valence electrons. The van der Waals surface area contributed by atoms with Crippen LogP contribution >= 0.6 is 0 Å². The summed E-state index contributed by atoms with van der Waals surface area (Å²) in [6.07, 6.45) is -0.223. The van der Waals surface area contributed by atoms with Crippen molar-refractivity contribution >= 4 is 22.0 Å². The Bertz CT molecular complexity index is 352. The van der Waals surface area contributed by atoms with Gasteiger partial charge in [-0.1, -0.05) is 0 Å². The Labute approximate surface area is 92.6 Å². The zero-order chi connectivity index (χ0) is 12.8. The van der Waals surface area contributed by atoms with E-state index in [4.69, 9.17) is 15.4 Å². The number of hydrogen-bond donors (Lipinski definition) is 4. The van der Waals surface area contributed by atoms with Gasteiger partial charge in [-0.25, -0.2) is 0 Å². The van der Waals surface area contributed by atoms with E-state index < -0.39 is 33.9 Å². The summed E-state index contributed by atoms with van der Waals surface area (Å²) in [7, 11) is -4.23. The maximum Gasteiger partial charge on any atom is 0.304 e. The smallest absolute Gasteiger partial charge is 0.304 e. The molecule has 0 aliphatic heterocycles. The Morgan fingerprint density at radius 2 is 1.94 bits per heavy atom. The van der Waals surface area contributed by atoms with Gasteiger partial charge in [0.05, 0.1) is 6.42 Å². The Kier molecular flexibility index (Phi) is 5.93. The molecule has 0 aromatic carbocycles. The van der Waals surface area contributed by atoms with Crippen LogP contribution in [-0.4, -0.2) is 41.9 Å². The number of hydrogen-bond acceptors (Lipinski definition) is 5. The SMILES string of the molecule is NC(CCC(=O)NCS(=O)(=O)O)CC(=O)O. The normalized spacial score (nSPS) is 13.1. The molecular formula is C7H14N2O6S. The minimum atomic E-state index is -4.23. The van der Waals surface area contributed by atoms with Crippen molar-refractivity contribution in [3.8, 4) is 0 Å². The second-order valence-electron chi connectivity index (χ2n) is 3.22. The van der Waals surface area contributed by atoms with Crippen LogP contribution < -0.4 is 11.1 Å². The van der Waals surface area contributed by atoms with E-state index in [0.717, 1.165) is 0 Å². The van der Waals surface area contributed by atoms with E-state index in [0.29, 0.717) is 0 Å². The average molecular weight is 254 g/mol. The summed E-state index contributed by atoms with van der Waals surface area (Å²) < 4.78 is 28.8. The first-order chi connectivity index (χ1) is 7.20. The molecule has 5 N–H and O–H groups in total. The van der Waals surface area contributed by atoms with Gasteiger partial charge in [0.1, 0.15) is 5.88 Å². The van der Waals surface area contributed by atoms with Crippen LogP contribution in [0.1, 0.15) is 19.3 Å². The van der Waals surface area contributed by atoms with Crippen molar-refractivity contribution < 1.29 is 27.7 Å². The Hall–Kier alpha value is -1.19. The number of nitrogens with one attached hydrogen (secondary N) is 1. The highest BCUT2D eigenvalue weighted by molar-refractivity contribution is 7.85. The highest BCUT2D eigenvalue weighted by atomic mass is 32.2. The second kappa shape index (κ2) is 6.40. The van der Waals surface area contributed by atoms with Crippen LogP contribution in [0.25, 0.3) is 0 Å². The Morgan fingerprint density at radius 3 is 2.38 bits per heavy atom. The zero-order valence-electron chi connectivity index (χ0n) is 8.42. The molecule has 0 fully saturated rings. The van der Waals surface area contributed by atoms with E-state index >= 15 is 0 Å². The van der Waals surface area contributed by atoms with Crippen LogP contribution in [0.4, 0.5) is 0 Å². The molecule has 0 aromatic rings. The number of amides is 1. The third-order valence-corrected chi connectivity index (χ3v) is 2.14. The molecule has 0 saturated heterocycles. The Morgan fingerprint density at radius 1 is 1.38 bits per heavy atom. The average Bonchev–Trinajstić information content (AvgIpc) is 2.09. The molecule has 16 heavy (non-hydrogen) atoms. The molecule has 0 aromatic heterocycles. The standard InChI is InChI=1S/C7H14N2O6S/c8-5(3-7(11)12)1-2-6(10)9-4-16(13,14)15/h5H,1-4,8H2,(H,9,10)(H,11,12)(H,13,14,15). The lowest BCUT2D eigenvalue weighted by molar-refractivity contribution is -0.137. The lowest BCUT2D eigenvalue weighted by Gasteiger charge is -2.08. The zero-order valence-corrected chi connectivity index (χ0v) is 9.24. The molecule has 0 rings (SSSR count). The van der Waals surface area contributed by atoms with Gasteiger partial charge in [0, 0.05) is 12.5 Å². The number of carbonyl (C=O) groups is 2. The maximum atomic E-state index is 11.0. The minimum Gasteiger partial charge on any atom is -0.481 e. The fourth-order valence-corrected chi connectivity index (χ4v) is 1.25. The van der Waals surface area contributed by atoms with Crippen molar-refractivity contribution in [1.82, 2.24) is 5.32 Å². The van der Waals surface area contributed by atoms with E-state index in [1.165, 1.54) is 0 Å². The topological polar surface area (TPSA) is 147 Å². The van der Waals surface area contributed by atoms with E-state index in [1.807, 2.05) is 5.32 Å². The fourth-order valence-electron chi connectivity index (χ4n) is 0.903. The Balaban J connectivity index is 3.77. The van der Waals surface area contributed by atoms with Crippen LogP contribution in [0, 0.1) is 0 Å². The largest absolute Gasteiger partial charge is 0.481 e. The summed E-state index contributed by atoms with van der Waals surface area (Å²) in [6.45, 7) is 0. The lowest BCUT2D eigenvalue weighted by atomic mass is 10.1. The summed E-state index contributed by atoms with van der Waals surface area (Å²) in [5.74, 6) is -2.54. The van der Waals surface area contributed by atoms with Gasteiger partial charge in [0.2, 0.25) is 5.91 Å². The molecule has 0 spiro atoms. The van der Waals surface area contributed by atoms with Crippen LogP contribution in [0.5, 0.6) is 0 Å². The summed E-state index contributed by atoms with van der Waals surface area (Å²) in [5.41, 5.74) is 5.38. The highest BCUT2D eigenvalue weighted by Crippen LogP contribution is 1.99. The van der Waals surface area contributed by atoms with Crippen LogP contribution in [0.15, 0.2) is 0 Å². The van der Waals surface area contributed by atoms with Gasteiger partial charge in [0.25, 0.3) is 10.1 Å². The summed E-state index contributed by atoms with van der Waals surface area (Å²) in [4.78, 5) is 21.2. The van der Waals surface area contributed by atoms with Crippen molar-refractivity contribution in [2.24, 2.45) is 5.73 Å². The van der Waals surface area contributed by atoms with Gasteiger partial charge in [-0.05, 0) is 6.42 Å². The van der Waals surface area contributed by atoms with Gasteiger partial charge < -0.3 is 16.2 Å². The van der Waals surface area contributed by atoms with Gasteiger partial charge in [-0.2, -0.15) is 8.42 Å². The molecule has 9 heteroatoms. The molecule has 0 saturated carbocycles. The number of aliphatic carboxylic acids is 1. The summed E-state index contributed by atoms with van der Waals surface area (Å²) in [5, 5.41) is 10.3. The summed E-state index contributed by atoms with van der Waals surface area (Å²) >= 11 is 0. The number of rotatable bonds is 7. The van der Waals surface area contributed by atoms with Crippen molar-refractivity contribution in [3.63, 3.8) is 0 Å². The third-order valence-electron chi connectivity index (χ3n) is 1.63. The van der Waals surface area contributed by atoms with Crippen molar-refractivity contribution in [2.45, 2.75) is 25.3 Å². The second-order valence-corrected chi connectivity index (χ2v) is 4.68. The quantitative estimate of drug-likeness (QED) is 0.405. The fraction of sp³-hybridized carbons (Fsp3) is 0.714. The molecule has 0 radical (unpaired) electrons. The first-order valence-corrected chi connectivity index (χ1v) is 6.01. The molecule has 8 nitrogen and oxygen atoms in total. The van der Waals surface area contributed by atoms with E-state index in [-0.39, 0.29) is 19.3 Å². The number of carboxylic acids is 1. The van der Waals surface area contributed by atoms with E-state index in [9.17, 15) is 18.0 Å². The van der Waals surface area contributed by atoms with Gasteiger partial charge in [0.15, 0.2) is 0 Å². The van der Waals surface area contributed by atoms with Crippen molar-refractivity contribution in [1.29, 1.82) is 0 Å². The third kappa shape index (κ3) is 9.37. The number of carbonyl (C=O) groups excluding carboxylic acids is 1. The summed E-state index contributed by atoms with van der Waals surface area (Å²) in [6, 6.07) is -0.658. The van der Waals surface area contributed by atoms with Crippen LogP contribution in [-0.2, 0) is 19.7 Å².